The maximum absolute atomic E-state index is 12.9. The van der Waals surface area contributed by atoms with Crippen molar-refractivity contribution in [3.8, 4) is 0 Å². The van der Waals surface area contributed by atoms with Gasteiger partial charge in [-0.1, -0.05) is 17.7 Å². The molecule has 2 aromatic rings. The third kappa shape index (κ3) is 2.65. The van der Waals surface area contributed by atoms with E-state index in [2.05, 4.69) is 10.3 Å². The molecule has 2 rings (SSSR count). The van der Waals surface area contributed by atoms with Crippen LogP contribution < -0.4 is 5.32 Å². The summed E-state index contributed by atoms with van der Waals surface area (Å²) in [6.07, 6.45) is 1.25. The summed E-state index contributed by atoms with van der Waals surface area (Å²) in [6, 6.07) is 7.72. The van der Waals surface area contributed by atoms with Crippen LogP contribution in [0.2, 0.25) is 5.02 Å². The number of benzene rings is 1. The summed E-state index contributed by atoms with van der Waals surface area (Å²) in [5.74, 6) is -1.09. The Bertz CT molecular complexity index is 601. The molecule has 0 aliphatic rings. The van der Waals surface area contributed by atoms with Gasteiger partial charge >= 0.3 is 0 Å². The van der Waals surface area contributed by atoms with Crippen molar-refractivity contribution in [2.24, 2.45) is 0 Å². The number of anilines is 1. The van der Waals surface area contributed by atoms with Crippen molar-refractivity contribution < 1.29 is 9.18 Å². The summed E-state index contributed by atoms with van der Waals surface area (Å²) in [5.41, 5.74) is 1.58. The van der Waals surface area contributed by atoms with Crippen LogP contribution in [0.5, 0.6) is 0 Å². The van der Waals surface area contributed by atoms with Gasteiger partial charge in [0.25, 0.3) is 5.91 Å². The van der Waals surface area contributed by atoms with E-state index in [9.17, 15) is 9.18 Å². The lowest BCUT2D eigenvalue weighted by molar-refractivity contribution is 0.102. The van der Waals surface area contributed by atoms with Crippen LogP contribution >= 0.6 is 11.6 Å². The molecule has 0 saturated heterocycles. The standard InChI is InChI=1S/C13H10ClFN2O/c1-8-10(14)3-2-4-11(8)17-13(18)9-5-6-16-12(15)7-9/h2-7H,1H3,(H,17,18). The first-order valence-corrected chi connectivity index (χ1v) is 5.64. The third-order valence-electron chi connectivity index (χ3n) is 2.50. The molecule has 92 valence electrons. The lowest BCUT2D eigenvalue weighted by atomic mass is 10.2. The molecule has 0 fully saturated rings. The molecule has 1 aromatic heterocycles. The number of amides is 1. The van der Waals surface area contributed by atoms with Crippen molar-refractivity contribution in [1.82, 2.24) is 4.98 Å². The largest absolute Gasteiger partial charge is 0.322 e. The number of halogens is 2. The highest BCUT2D eigenvalue weighted by Crippen LogP contribution is 2.23. The maximum Gasteiger partial charge on any atom is 0.255 e. The van der Waals surface area contributed by atoms with E-state index in [0.717, 1.165) is 11.6 Å². The molecule has 0 atom stereocenters. The van der Waals surface area contributed by atoms with Crippen molar-refractivity contribution in [2.75, 3.05) is 5.32 Å². The number of rotatable bonds is 2. The highest BCUT2D eigenvalue weighted by molar-refractivity contribution is 6.31. The number of carbonyl (C=O) groups excluding carboxylic acids is 1. The van der Waals surface area contributed by atoms with Crippen molar-refractivity contribution in [3.63, 3.8) is 0 Å². The highest BCUT2D eigenvalue weighted by Gasteiger charge is 2.09. The average molecular weight is 265 g/mol. The molecule has 0 aliphatic carbocycles. The number of pyridine rings is 1. The smallest absolute Gasteiger partial charge is 0.255 e. The molecule has 1 amide bonds. The number of hydrogen-bond acceptors (Lipinski definition) is 2. The first kappa shape index (κ1) is 12.5. The van der Waals surface area contributed by atoms with Crippen LogP contribution in [0.15, 0.2) is 36.5 Å². The van der Waals surface area contributed by atoms with E-state index in [1.807, 2.05) is 0 Å². The molecule has 0 bridgehead atoms. The van der Waals surface area contributed by atoms with E-state index < -0.39 is 11.9 Å². The van der Waals surface area contributed by atoms with Gasteiger partial charge in [0.2, 0.25) is 5.95 Å². The van der Waals surface area contributed by atoms with Gasteiger partial charge in [0.1, 0.15) is 0 Å². The maximum atomic E-state index is 12.9. The molecule has 1 heterocycles. The molecule has 18 heavy (non-hydrogen) atoms. The van der Waals surface area contributed by atoms with Crippen LogP contribution in [0.3, 0.4) is 0 Å². The number of hydrogen-bond donors (Lipinski definition) is 1. The van der Waals surface area contributed by atoms with E-state index in [1.54, 1.807) is 25.1 Å². The zero-order valence-corrected chi connectivity index (χ0v) is 10.3. The van der Waals surface area contributed by atoms with Crippen molar-refractivity contribution in [2.45, 2.75) is 6.92 Å². The Morgan fingerprint density at radius 3 is 2.89 bits per heavy atom. The Morgan fingerprint density at radius 2 is 2.17 bits per heavy atom. The van der Waals surface area contributed by atoms with Gasteiger partial charge < -0.3 is 5.32 Å². The van der Waals surface area contributed by atoms with Crippen LogP contribution in [0.4, 0.5) is 10.1 Å². The van der Waals surface area contributed by atoms with Gasteiger partial charge in [-0.3, -0.25) is 4.79 Å². The molecule has 3 nitrogen and oxygen atoms in total. The number of nitrogens with one attached hydrogen (secondary N) is 1. The first-order chi connectivity index (χ1) is 8.58. The Kier molecular flexibility index (Phi) is 3.58. The van der Waals surface area contributed by atoms with E-state index in [1.165, 1.54) is 12.3 Å². The fourth-order valence-electron chi connectivity index (χ4n) is 1.48. The van der Waals surface area contributed by atoms with Crippen LogP contribution in [0, 0.1) is 12.9 Å². The summed E-state index contributed by atoms with van der Waals surface area (Å²) in [4.78, 5) is 15.3. The molecule has 0 aliphatic heterocycles. The quantitative estimate of drug-likeness (QED) is 0.845. The lowest BCUT2D eigenvalue weighted by Gasteiger charge is -2.09. The molecule has 1 aromatic carbocycles. The molecule has 0 radical (unpaired) electrons. The SMILES string of the molecule is Cc1c(Cl)cccc1NC(=O)c1ccnc(F)c1. The van der Waals surface area contributed by atoms with Crippen LogP contribution in [-0.2, 0) is 0 Å². The zero-order chi connectivity index (χ0) is 13.1. The van der Waals surface area contributed by atoms with Gasteiger partial charge in [0, 0.05) is 28.5 Å². The van der Waals surface area contributed by atoms with Crippen molar-refractivity contribution in [3.05, 3.63) is 58.6 Å². The second-order valence-electron chi connectivity index (χ2n) is 3.73. The third-order valence-corrected chi connectivity index (χ3v) is 2.91. The molecule has 1 N–H and O–H groups in total. The Morgan fingerprint density at radius 1 is 1.39 bits per heavy atom. The minimum absolute atomic E-state index is 0.210. The monoisotopic (exact) mass is 264 g/mol. The second kappa shape index (κ2) is 5.14. The molecule has 0 saturated carbocycles. The fourth-order valence-corrected chi connectivity index (χ4v) is 1.66. The molecule has 0 spiro atoms. The molecule has 0 unspecified atom stereocenters. The number of aromatic nitrogens is 1. The van der Waals surface area contributed by atoms with E-state index in [4.69, 9.17) is 11.6 Å². The van der Waals surface area contributed by atoms with Gasteiger partial charge in [-0.25, -0.2) is 4.98 Å². The van der Waals surface area contributed by atoms with Gasteiger partial charge in [0.15, 0.2) is 0 Å². The second-order valence-corrected chi connectivity index (χ2v) is 4.14. The van der Waals surface area contributed by atoms with Crippen LogP contribution in [0.1, 0.15) is 15.9 Å². The zero-order valence-electron chi connectivity index (χ0n) is 9.58. The van der Waals surface area contributed by atoms with Gasteiger partial charge in [-0.05, 0) is 30.7 Å². The summed E-state index contributed by atoms with van der Waals surface area (Å²) >= 11 is 5.95. The van der Waals surface area contributed by atoms with Crippen LogP contribution in [-0.4, -0.2) is 10.9 Å². The average Bonchev–Trinajstić information content (AvgIpc) is 2.35. The van der Waals surface area contributed by atoms with E-state index in [0.29, 0.717) is 10.7 Å². The predicted octanol–water partition coefficient (Wildman–Crippen LogP) is 3.43. The minimum atomic E-state index is -0.689. The predicted molar refractivity (Wildman–Crippen MR) is 68.3 cm³/mol. The Balaban J connectivity index is 2.24. The van der Waals surface area contributed by atoms with E-state index >= 15 is 0 Å². The molecular formula is C13H10ClFN2O. The number of nitrogens with zero attached hydrogens (tertiary/aromatic N) is 1. The first-order valence-electron chi connectivity index (χ1n) is 5.26. The summed E-state index contributed by atoms with van der Waals surface area (Å²) in [6.45, 7) is 1.80. The van der Waals surface area contributed by atoms with Crippen molar-refractivity contribution in [1.29, 1.82) is 0 Å². The lowest BCUT2D eigenvalue weighted by Crippen LogP contribution is -2.13. The Hall–Kier alpha value is -1.94. The topological polar surface area (TPSA) is 42.0 Å². The summed E-state index contributed by atoms with van der Waals surface area (Å²) in [5, 5.41) is 3.24. The number of carbonyl (C=O) groups is 1. The van der Waals surface area contributed by atoms with Crippen LogP contribution in [0.25, 0.3) is 0 Å². The normalized spacial score (nSPS) is 10.2. The molecule has 5 heteroatoms. The Labute approximate surface area is 109 Å². The van der Waals surface area contributed by atoms with Gasteiger partial charge in [0.05, 0.1) is 0 Å². The summed E-state index contributed by atoms with van der Waals surface area (Å²) < 4.78 is 12.9. The van der Waals surface area contributed by atoms with E-state index in [-0.39, 0.29) is 5.56 Å². The minimum Gasteiger partial charge on any atom is -0.322 e. The van der Waals surface area contributed by atoms with Gasteiger partial charge in [-0.2, -0.15) is 4.39 Å². The molecular weight excluding hydrogens is 255 g/mol. The highest BCUT2D eigenvalue weighted by atomic mass is 35.5. The van der Waals surface area contributed by atoms with Crippen molar-refractivity contribution >= 4 is 23.2 Å². The van der Waals surface area contributed by atoms with Gasteiger partial charge in [-0.15, -0.1) is 0 Å². The fraction of sp³-hybridized carbons (Fsp3) is 0.0769. The summed E-state index contributed by atoms with van der Waals surface area (Å²) in [7, 11) is 0.